The molecule has 0 unspecified atom stereocenters. The Labute approximate surface area is 69.0 Å². The zero-order valence-corrected chi connectivity index (χ0v) is 6.60. The summed E-state index contributed by atoms with van der Waals surface area (Å²) < 4.78 is 0. The highest BCUT2D eigenvalue weighted by Crippen LogP contribution is 2.22. The van der Waals surface area contributed by atoms with E-state index < -0.39 is 0 Å². The second-order valence-corrected chi connectivity index (χ2v) is 2.85. The van der Waals surface area contributed by atoms with Crippen molar-refractivity contribution in [3.63, 3.8) is 0 Å². The third-order valence-corrected chi connectivity index (χ3v) is 1.97. The lowest BCUT2D eigenvalue weighted by atomic mass is 10.2. The van der Waals surface area contributed by atoms with Crippen LogP contribution in [0.15, 0.2) is 23.2 Å². The first kappa shape index (κ1) is 6.54. The predicted octanol–water partition coefficient (Wildman–Crippen LogP) is 1.43. The molecule has 0 aliphatic rings. The summed E-state index contributed by atoms with van der Waals surface area (Å²) >= 11 is 4.18. The molecule has 0 bridgehead atoms. The lowest BCUT2D eigenvalue weighted by Crippen LogP contribution is -1.85. The van der Waals surface area contributed by atoms with Gasteiger partial charge in [0, 0.05) is 16.0 Å². The van der Waals surface area contributed by atoms with Gasteiger partial charge in [0.25, 0.3) is 0 Å². The van der Waals surface area contributed by atoms with Crippen LogP contribution in [0.2, 0.25) is 0 Å². The number of hydrogen-bond donors (Lipinski definition) is 3. The van der Waals surface area contributed by atoms with E-state index in [0.29, 0.717) is 5.69 Å². The number of thiol groups is 1. The normalized spacial score (nSPS) is 10.6. The molecule has 3 N–H and O–H groups in total. The summed E-state index contributed by atoms with van der Waals surface area (Å²) in [5.74, 6) is 0. The van der Waals surface area contributed by atoms with E-state index in [-0.39, 0.29) is 0 Å². The van der Waals surface area contributed by atoms with Gasteiger partial charge in [-0.2, -0.15) is 5.10 Å². The monoisotopic (exact) mass is 165 g/mol. The number of H-pyrrole nitrogens is 1. The molecule has 0 saturated heterocycles. The molecule has 4 heteroatoms. The van der Waals surface area contributed by atoms with Gasteiger partial charge in [-0.05, 0) is 12.1 Å². The Kier molecular flexibility index (Phi) is 1.29. The van der Waals surface area contributed by atoms with E-state index >= 15 is 0 Å². The van der Waals surface area contributed by atoms with Crippen molar-refractivity contribution in [2.45, 2.75) is 4.90 Å². The van der Waals surface area contributed by atoms with Crippen molar-refractivity contribution in [1.29, 1.82) is 0 Å². The number of anilines is 1. The van der Waals surface area contributed by atoms with Crippen molar-refractivity contribution in [3.05, 3.63) is 18.3 Å². The van der Waals surface area contributed by atoms with E-state index in [1.165, 1.54) is 0 Å². The molecule has 1 aromatic heterocycles. The van der Waals surface area contributed by atoms with E-state index in [9.17, 15) is 0 Å². The van der Waals surface area contributed by atoms with Crippen molar-refractivity contribution in [1.82, 2.24) is 10.2 Å². The summed E-state index contributed by atoms with van der Waals surface area (Å²) in [7, 11) is 0. The third-order valence-electron chi connectivity index (χ3n) is 1.59. The largest absolute Gasteiger partial charge is 0.398 e. The zero-order chi connectivity index (χ0) is 7.84. The molecular weight excluding hydrogens is 158 g/mol. The van der Waals surface area contributed by atoms with Crippen molar-refractivity contribution >= 4 is 29.2 Å². The van der Waals surface area contributed by atoms with Gasteiger partial charge < -0.3 is 5.73 Å². The highest BCUT2D eigenvalue weighted by molar-refractivity contribution is 7.80. The molecule has 0 radical (unpaired) electrons. The summed E-state index contributed by atoms with van der Waals surface area (Å²) in [6.07, 6.45) is 1.74. The maximum Gasteiger partial charge on any atom is 0.0671 e. The molecule has 0 spiro atoms. The van der Waals surface area contributed by atoms with Crippen molar-refractivity contribution in [2.24, 2.45) is 0 Å². The van der Waals surface area contributed by atoms with Gasteiger partial charge in [0.15, 0.2) is 0 Å². The van der Waals surface area contributed by atoms with Gasteiger partial charge in [-0.3, -0.25) is 5.10 Å². The van der Waals surface area contributed by atoms with Crippen LogP contribution in [0, 0.1) is 0 Å². The topological polar surface area (TPSA) is 54.7 Å². The Morgan fingerprint density at radius 3 is 3.09 bits per heavy atom. The van der Waals surface area contributed by atoms with Crippen molar-refractivity contribution in [2.75, 3.05) is 5.73 Å². The van der Waals surface area contributed by atoms with Gasteiger partial charge >= 0.3 is 0 Å². The smallest absolute Gasteiger partial charge is 0.0671 e. The Balaban J connectivity index is 2.86. The molecule has 0 aliphatic heterocycles. The number of nitrogens with one attached hydrogen (secondary N) is 1. The Bertz CT molecular complexity index is 357. The molecule has 56 valence electrons. The summed E-state index contributed by atoms with van der Waals surface area (Å²) in [5.41, 5.74) is 7.24. The molecule has 1 heterocycles. The van der Waals surface area contributed by atoms with Crippen LogP contribution in [0.4, 0.5) is 5.69 Å². The number of nitrogens with zero attached hydrogens (tertiary/aromatic N) is 1. The number of aromatic nitrogens is 2. The molecule has 1 aromatic carbocycles. The molecule has 2 aromatic rings. The van der Waals surface area contributed by atoms with Crippen LogP contribution in [0.25, 0.3) is 10.9 Å². The van der Waals surface area contributed by atoms with Crippen LogP contribution in [0.3, 0.4) is 0 Å². The first-order chi connectivity index (χ1) is 5.27. The third kappa shape index (κ3) is 0.952. The maximum atomic E-state index is 5.62. The SMILES string of the molecule is Nc1cc2[nH]ncc2cc1S. The van der Waals surface area contributed by atoms with Crippen LogP contribution in [0.1, 0.15) is 0 Å². The van der Waals surface area contributed by atoms with Crippen molar-refractivity contribution in [3.8, 4) is 0 Å². The molecule has 0 fully saturated rings. The molecule has 0 amide bonds. The van der Waals surface area contributed by atoms with E-state index in [1.54, 1.807) is 6.20 Å². The molecule has 3 nitrogen and oxygen atoms in total. The van der Waals surface area contributed by atoms with Crippen LogP contribution in [0.5, 0.6) is 0 Å². The molecular formula is C7H7N3S. The van der Waals surface area contributed by atoms with E-state index in [0.717, 1.165) is 15.8 Å². The molecule has 0 saturated carbocycles. The highest BCUT2D eigenvalue weighted by Gasteiger charge is 1.98. The minimum Gasteiger partial charge on any atom is -0.398 e. The van der Waals surface area contributed by atoms with E-state index in [4.69, 9.17) is 5.73 Å². The average Bonchev–Trinajstić information content (AvgIpc) is 2.36. The molecule has 0 atom stereocenters. The van der Waals surface area contributed by atoms with Crippen LogP contribution < -0.4 is 5.73 Å². The summed E-state index contributed by atoms with van der Waals surface area (Å²) in [6.45, 7) is 0. The summed E-state index contributed by atoms with van der Waals surface area (Å²) in [5, 5.41) is 7.72. The Morgan fingerprint density at radius 2 is 2.27 bits per heavy atom. The second-order valence-electron chi connectivity index (χ2n) is 2.37. The van der Waals surface area contributed by atoms with Crippen molar-refractivity contribution < 1.29 is 0 Å². The van der Waals surface area contributed by atoms with Gasteiger partial charge in [0.2, 0.25) is 0 Å². The first-order valence-electron chi connectivity index (χ1n) is 3.19. The van der Waals surface area contributed by atoms with Gasteiger partial charge in [-0.15, -0.1) is 12.6 Å². The fourth-order valence-corrected chi connectivity index (χ4v) is 1.20. The van der Waals surface area contributed by atoms with Crippen LogP contribution in [-0.2, 0) is 0 Å². The van der Waals surface area contributed by atoms with Gasteiger partial charge in [-0.1, -0.05) is 0 Å². The number of benzene rings is 1. The van der Waals surface area contributed by atoms with E-state index in [1.807, 2.05) is 12.1 Å². The number of hydrogen-bond acceptors (Lipinski definition) is 3. The highest BCUT2D eigenvalue weighted by atomic mass is 32.1. The number of nitrogens with two attached hydrogens (primary N) is 1. The number of rotatable bonds is 0. The maximum absolute atomic E-state index is 5.62. The predicted molar refractivity (Wildman–Crippen MR) is 47.8 cm³/mol. The first-order valence-corrected chi connectivity index (χ1v) is 3.63. The Morgan fingerprint density at radius 1 is 1.45 bits per heavy atom. The second kappa shape index (κ2) is 2.17. The van der Waals surface area contributed by atoms with Crippen LogP contribution >= 0.6 is 12.6 Å². The Hall–Kier alpha value is -1.16. The van der Waals surface area contributed by atoms with E-state index in [2.05, 4.69) is 22.8 Å². The standard InChI is InChI=1S/C7H7N3S/c8-5-2-6-4(1-7(5)11)3-9-10-6/h1-3,11H,8H2,(H,9,10). The number of nitrogen functional groups attached to an aromatic ring is 1. The lowest BCUT2D eigenvalue weighted by molar-refractivity contribution is 1.12. The lowest BCUT2D eigenvalue weighted by Gasteiger charge is -1.96. The fourth-order valence-electron chi connectivity index (χ4n) is 0.996. The summed E-state index contributed by atoms with van der Waals surface area (Å²) in [6, 6.07) is 3.71. The van der Waals surface area contributed by atoms with Gasteiger partial charge in [0.1, 0.15) is 0 Å². The number of fused-ring (bicyclic) bond motifs is 1. The molecule has 0 aliphatic carbocycles. The minimum absolute atomic E-state index is 0.671. The van der Waals surface area contributed by atoms with Gasteiger partial charge in [0.05, 0.1) is 11.7 Å². The average molecular weight is 165 g/mol. The minimum atomic E-state index is 0.671. The fraction of sp³-hybridized carbons (Fsp3) is 0. The molecule has 2 rings (SSSR count). The van der Waals surface area contributed by atoms with Gasteiger partial charge in [-0.25, -0.2) is 0 Å². The molecule has 11 heavy (non-hydrogen) atoms. The zero-order valence-electron chi connectivity index (χ0n) is 5.70. The number of aromatic amines is 1. The summed E-state index contributed by atoms with van der Waals surface area (Å²) in [4.78, 5) is 0.791. The van der Waals surface area contributed by atoms with Crippen LogP contribution in [-0.4, -0.2) is 10.2 Å². The quantitative estimate of drug-likeness (QED) is 0.408.